The predicted molar refractivity (Wildman–Crippen MR) is 216 cm³/mol. The molecule has 0 bridgehead atoms. The number of rotatable bonds is 4. The molecule has 5 aliphatic carbocycles. The molecule has 6 aliphatic rings. The van der Waals surface area contributed by atoms with Crippen LogP contribution >= 0.6 is 0 Å². The summed E-state index contributed by atoms with van der Waals surface area (Å²) < 4.78 is 2.58. The van der Waals surface area contributed by atoms with E-state index in [1.807, 2.05) is 12.3 Å². The summed E-state index contributed by atoms with van der Waals surface area (Å²) >= 11 is 0. The minimum Gasteiger partial charge on any atom is -0.373 e. The van der Waals surface area contributed by atoms with Gasteiger partial charge in [0.2, 0.25) is 0 Å². The lowest BCUT2D eigenvalue weighted by atomic mass is 9.58. The SMILES string of the molecule is CC1CC=CC=C1C1C(C2=CCCCC2C)C(C)(C)[C@@]2(C)c3c(c4c#cccc4n3-c3cccc(C4C=CC5=C(N4)c4ncccc4CC5)c3)C#CC12. The molecule has 0 spiro atoms. The Labute approximate surface area is 315 Å². The standard InChI is InChI=1S/C50H49N3/c1-31-14-6-8-19-37(31)44-41-27-26-40-39-21-10-11-22-43(39)53(48(40)50(41,5)49(3,4)45(44)38-20-9-7-15-32(38)2)36-18-12-16-35(30-36)42-28-25-34-24-23-33-17-13-29-51-46(33)47(34)52-42/h6,8,11-13,16-20,22,25,28-32,41-42,44-45,52H,7,9,14-15,23-24H2,1-5H3/t31?,32?,41?,42?,44?,45?,50-/m1/s1. The number of nitrogens with zero attached hydrogens (tertiary/aromatic N) is 2. The molecule has 1 aliphatic heterocycles. The first-order valence-corrected chi connectivity index (χ1v) is 20.0. The number of aryl methyl sites for hydroxylation is 1. The van der Waals surface area contributed by atoms with Crippen LogP contribution < -0.4 is 5.32 Å². The van der Waals surface area contributed by atoms with Crippen LogP contribution in [-0.4, -0.2) is 9.55 Å². The summed E-state index contributed by atoms with van der Waals surface area (Å²) in [7, 11) is 0. The Balaban J connectivity index is 1.14. The number of nitrogens with one attached hydrogen (secondary N) is 1. The third-order valence-corrected chi connectivity index (χ3v) is 14.4. The molecule has 53 heavy (non-hydrogen) atoms. The number of hydrogen-bond acceptors (Lipinski definition) is 2. The maximum Gasteiger partial charge on any atom is 0.0896 e. The van der Waals surface area contributed by atoms with Gasteiger partial charge in [0.05, 0.1) is 33.9 Å². The number of aromatic nitrogens is 2. The fourth-order valence-electron chi connectivity index (χ4n) is 11.5. The first kappa shape index (κ1) is 32.6. The van der Waals surface area contributed by atoms with Crippen LogP contribution in [0.2, 0.25) is 0 Å². The van der Waals surface area contributed by atoms with Gasteiger partial charge in [-0.2, -0.15) is 0 Å². The van der Waals surface area contributed by atoms with Crippen LogP contribution in [0.3, 0.4) is 0 Å². The third kappa shape index (κ3) is 4.66. The normalized spacial score (nSPS) is 30.5. The Morgan fingerprint density at radius 2 is 1.91 bits per heavy atom. The summed E-state index contributed by atoms with van der Waals surface area (Å²) in [5.74, 6) is 9.92. The van der Waals surface area contributed by atoms with Gasteiger partial charge in [0.15, 0.2) is 0 Å². The van der Waals surface area contributed by atoms with Crippen molar-refractivity contribution in [2.45, 2.75) is 84.6 Å². The molecule has 4 aromatic rings. The lowest BCUT2D eigenvalue weighted by Gasteiger charge is -2.46. The van der Waals surface area contributed by atoms with Crippen LogP contribution in [0.15, 0.2) is 108 Å². The molecule has 0 saturated heterocycles. The topological polar surface area (TPSA) is 29.9 Å². The van der Waals surface area contributed by atoms with Crippen molar-refractivity contribution in [1.29, 1.82) is 0 Å². The summed E-state index contributed by atoms with van der Waals surface area (Å²) in [6.07, 6.45) is 23.3. The van der Waals surface area contributed by atoms with E-state index in [2.05, 4.69) is 147 Å². The van der Waals surface area contributed by atoms with Crippen LogP contribution in [0.5, 0.6) is 0 Å². The van der Waals surface area contributed by atoms with Gasteiger partial charge in [-0.05, 0) is 109 Å². The minimum atomic E-state index is -0.230. The Kier molecular flexibility index (Phi) is 7.40. The Morgan fingerprint density at radius 1 is 1.00 bits per heavy atom. The largest absolute Gasteiger partial charge is 0.373 e. The van der Waals surface area contributed by atoms with Gasteiger partial charge in [0.25, 0.3) is 0 Å². The van der Waals surface area contributed by atoms with Crippen molar-refractivity contribution in [3.05, 3.63) is 148 Å². The first-order valence-electron chi connectivity index (χ1n) is 20.0. The van der Waals surface area contributed by atoms with Crippen molar-refractivity contribution in [3.8, 4) is 17.5 Å². The third-order valence-electron chi connectivity index (χ3n) is 14.4. The van der Waals surface area contributed by atoms with Crippen molar-refractivity contribution < 1.29 is 0 Å². The predicted octanol–water partition coefficient (Wildman–Crippen LogP) is 11.0. The molecule has 1 saturated carbocycles. The van der Waals surface area contributed by atoms with Crippen molar-refractivity contribution in [2.24, 2.45) is 35.0 Å². The highest BCUT2D eigenvalue weighted by Crippen LogP contribution is 2.69. The molecule has 0 radical (unpaired) electrons. The second-order valence-corrected chi connectivity index (χ2v) is 17.4. The quantitative estimate of drug-likeness (QED) is 0.171. The molecular formula is C50H49N3. The number of hydrogen-bond donors (Lipinski definition) is 1. The van der Waals surface area contributed by atoms with Gasteiger partial charge < -0.3 is 9.88 Å². The van der Waals surface area contributed by atoms with E-state index in [1.54, 1.807) is 11.1 Å². The summed E-state index contributed by atoms with van der Waals surface area (Å²) in [6, 6.07) is 24.7. The molecule has 2 aromatic heterocycles. The van der Waals surface area contributed by atoms with Crippen molar-refractivity contribution >= 4 is 16.6 Å². The van der Waals surface area contributed by atoms with Crippen molar-refractivity contribution in [3.63, 3.8) is 0 Å². The van der Waals surface area contributed by atoms with Crippen molar-refractivity contribution in [1.82, 2.24) is 14.9 Å². The van der Waals surface area contributed by atoms with E-state index in [1.165, 1.54) is 58.6 Å². The lowest BCUT2D eigenvalue weighted by Crippen LogP contribution is -2.45. The van der Waals surface area contributed by atoms with Crippen LogP contribution in [0, 0.1) is 59.0 Å². The zero-order chi connectivity index (χ0) is 36.1. The number of benzene rings is 1. The lowest BCUT2D eigenvalue weighted by molar-refractivity contribution is 0.150. The fourth-order valence-corrected chi connectivity index (χ4v) is 11.5. The van der Waals surface area contributed by atoms with Gasteiger partial charge in [-0.15, -0.1) is 0 Å². The molecule has 7 atom stereocenters. The van der Waals surface area contributed by atoms with Crippen LogP contribution in [0.4, 0.5) is 0 Å². The molecule has 3 nitrogen and oxygen atoms in total. The highest BCUT2D eigenvalue weighted by atomic mass is 15.0. The summed E-state index contributed by atoms with van der Waals surface area (Å²) in [5.41, 5.74) is 14.0. The van der Waals surface area contributed by atoms with Gasteiger partial charge >= 0.3 is 0 Å². The average molecular weight is 692 g/mol. The molecule has 2 aromatic carbocycles. The Bertz CT molecular complexity index is 2400. The summed E-state index contributed by atoms with van der Waals surface area (Å²) in [4.78, 5) is 4.82. The van der Waals surface area contributed by atoms with Crippen LogP contribution in [0.25, 0.3) is 22.3 Å². The molecule has 3 heteroatoms. The molecule has 6 unspecified atom stereocenters. The smallest absolute Gasteiger partial charge is 0.0896 e. The first-order chi connectivity index (χ1) is 25.8. The number of dihydropyridines is 1. The maximum atomic E-state index is 4.82. The van der Waals surface area contributed by atoms with Gasteiger partial charge in [-0.1, -0.05) is 124 Å². The molecule has 10 rings (SSSR count). The fraction of sp³-hybridized carbons (Fsp3) is 0.380. The van der Waals surface area contributed by atoms with E-state index in [4.69, 9.17) is 4.98 Å². The summed E-state index contributed by atoms with van der Waals surface area (Å²) in [5, 5.41) is 5.01. The van der Waals surface area contributed by atoms with E-state index in [0.29, 0.717) is 23.7 Å². The molecule has 1 fully saturated rings. The molecular weight excluding hydrogens is 643 g/mol. The number of fused-ring (bicyclic) bond motifs is 7. The van der Waals surface area contributed by atoms with E-state index in [0.717, 1.165) is 35.9 Å². The van der Waals surface area contributed by atoms with E-state index < -0.39 is 0 Å². The number of allylic oxidation sites excluding steroid dienone is 8. The van der Waals surface area contributed by atoms with Gasteiger partial charge in [-0.25, -0.2) is 0 Å². The van der Waals surface area contributed by atoms with Gasteiger partial charge in [0.1, 0.15) is 0 Å². The number of pyridine rings is 1. The minimum absolute atomic E-state index is 0.0477. The molecule has 264 valence electrons. The van der Waals surface area contributed by atoms with Crippen LogP contribution in [0.1, 0.15) is 101 Å². The monoisotopic (exact) mass is 691 g/mol. The zero-order valence-electron chi connectivity index (χ0n) is 31.8. The Morgan fingerprint density at radius 3 is 2.77 bits per heavy atom. The molecule has 1 N–H and O–H groups in total. The van der Waals surface area contributed by atoms with Crippen molar-refractivity contribution in [2.75, 3.05) is 0 Å². The highest BCUT2D eigenvalue weighted by molar-refractivity contribution is 5.90. The van der Waals surface area contributed by atoms with E-state index in [9.17, 15) is 0 Å². The maximum absolute atomic E-state index is 4.82. The van der Waals surface area contributed by atoms with Gasteiger partial charge in [-0.3, -0.25) is 4.98 Å². The van der Waals surface area contributed by atoms with E-state index in [-0.39, 0.29) is 22.8 Å². The zero-order valence-corrected chi connectivity index (χ0v) is 31.8. The second-order valence-electron chi connectivity index (χ2n) is 17.4. The highest BCUT2D eigenvalue weighted by Gasteiger charge is 2.66. The average Bonchev–Trinajstić information content (AvgIpc) is 3.62. The summed E-state index contributed by atoms with van der Waals surface area (Å²) in [6.45, 7) is 12.7. The van der Waals surface area contributed by atoms with Crippen LogP contribution in [-0.2, 0) is 11.8 Å². The second kappa shape index (κ2) is 12.0. The van der Waals surface area contributed by atoms with E-state index >= 15 is 0 Å². The van der Waals surface area contributed by atoms with Gasteiger partial charge in [0, 0.05) is 34.8 Å². The Hall–Kier alpha value is -4.99. The molecule has 3 heterocycles. The molecule has 0 amide bonds.